The summed E-state index contributed by atoms with van der Waals surface area (Å²) < 4.78 is 20.3. The molecule has 1 N–H and O–H groups in total. The largest absolute Gasteiger partial charge is 0.490 e. The van der Waals surface area contributed by atoms with Gasteiger partial charge in [0.15, 0.2) is 17.1 Å². The number of carbonyl (C=O) groups is 1. The molecule has 0 aliphatic heterocycles. The van der Waals surface area contributed by atoms with E-state index in [0.29, 0.717) is 66.8 Å². The van der Waals surface area contributed by atoms with E-state index in [9.17, 15) is 9.59 Å². The molecule has 0 radical (unpaired) electrons. The topological polar surface area (TPSA) is 110 Å². The number of amides is 1. The maximum absolute atomic E-state index is 13.0. The molecule has 0 fully saturated rings. The highest BCUT2D eigenvalue weighted by atomic mass is 16.5. The van der Waals surface area contributed by atoms with Crippen LogP contribution in [0.5, 0.6) is 17.2 Å². The second kappa shape index (κ2) is 12.3. The van der Waals surface area contributed by atoms with E-state index in [1.165, 1.54) is 12.5 Å². The summed E-state index contributed by atoms with van der Waals surface area (Å²) in [6, 6.07) is 11.3. The Balaban J connectivity index is 1.46. The zero-order valence-electron chi connectivity index (χ0n) is 22.2. The minimum atomic E-state index is -0.292. The molecule has 10 nitrogen and oxygen atoms in total. The van der Waals surface area contributed by atoms with Gasteiger partial charge in [0, 0.05) is 12.1 Å². The first kappa shape index (κ1) is 26.7. The van der Waals surface area contributed by atoms with Crippen molar-refractivity contribution in [3.05, 3.63) is 76.0 Å². The number of benzene rings is 2. The van der Waals surface area contributed by atoms with Crippen molar-refractivity contribution in [1.29, 1.82) is 0 Å². The van der Waals surface area contributed by atoms with Crippen LogP contribution in [0.3, 0.4) is 0 Å². The molecule has 4 aromatic rings. The third-order valence-electron chi connectivity index (χ3n) is 5.88. The predicted molar refractivity (Wildman–Crippen MR) is 144 cm³/mol. The lowest BCUT2D eigenvalue weighted by Crippen LogP contribution is -2.28. The molecule has 2 aromatic heterocycles. The van der Waals surface area contributed by atoms with Crippen LogP contribution in [0.25, 0.3) is 11.0 Å². The Hall–Kier alpha value is -4.34. The summed E-state index contributed by atoms with van der Waals surface area (Å²) in [6.07, 6.45) is 3.05. The molecule has 0 aliphatic rings. The van der Waals surface area contributed by atoms with Crippen molar-refractivity contribution in [3.8, 4) is 17.2 Å². The standard InChI is InChI=1S/C28H33N5O5/c1-5-36-23-14-21(15-24(37-6-2)25(23)38-7-3)27(34)29-12-13-33-26-22(16-31-33)28(35)32(18-30-26)17-20-10-8-19(4)9-11-20/h8-11,14-16,18H,5-7,12-13,17H2,1-4H3,(H,29,34). The summed E-state index contributed by atoms with van der Waals surface area (Å²) in [5.74, 6) is 1.10. The second-order valence-electron chi connectivity index (χ2n) is 8.62. The summed E-state index contributed by atoms with van der Waals surface area (Å²) >= 11 is 0. The van der Waals surface area contributed by atoms with Crippen molar-refractivity contribution in [2.45, 2.75) is 40.8 Å². The van der Waals surface area contributed by atoms with Crippen LogP contribution >= 0.6 is 0 Å². The van der Waals surface area contributed by atoms with Gasteiger partial charge < -0.3 is 19.5 Å². The van der Waals surface area contributed by atoms with Crippen molar-refractivity contribution in [2.24, 2.45) is 0 Å². The number of aryl methyl sites for hydroxylation is 1. The van der Waals surface area contributed by atoms with Crippen LogP contribution in [0.4, 0.5) is 0 Å². The first-order chi connectivity index (χ1) is 18.4. The third kappa shape index (κ3) is 5.96. The lowest BCUT2D eigenvalue weighted by Gasteiger charge is -2.17. The third-order valence-corrected chi connectivity index (χ3v) is 5.88. The molecular formula is C28H33N5O5. The smallest absolute Gasteiger partial charge is 0.264 e. The molecule has 0 bridgehead atoms. The molecule has 4 rings (SSSR count). The Morgan fingerprint density at radius 3 is 2.26 bits per heavy atom. The summed E-state index contributed by atoms with van der Waals surface area (Å²) in [6.45, 7) is 9.96. The molecule has 38 heavy (non-hydrogen) atoms. The Kier molecular flexibility index (Phi) is 8.62. The van der Waals surface area contributed by atoms with Gasteiger partial charge in [-0.1, -0.05) is 29.8 Å². The van der Waals surface area contributed by atoms with E-state index >= 15 is 0 Å². The predicted octanol–water partition coefficient (Wildman–Crippen LogP) is 3.58. The van der Waals surface area contributed by atoms with Crippen LogP contribution in [0.2, 0.25) is 0 Å². The lowest BCUT2D eigenvalue weighted by atomic mass is 10.1. The monoisotopic (exact) mass is 519 g/mol. The van der Waals surface area contributed by atoms with Crippen LogP contribution < -0.4 is 25.1 Å². The molecule has 0 unspecified atom stereocenters. The number of hydrogen-bond donors (Lipinski definition) is 1. The molecule has 2 heterocycles. The van der Waals surface area contributed by atoms with Crippen molar-refractivity contribution in [1.82, 2.24) is 24.6 Å². The van der Waals surface area contributed by atoms with Gasteiger partial charge in [-0.2, -0.15) is 5.10 Å². The highest BCUT2D eigenvalue weighted by Gasteiger charge is 2.18. The Labute approximate surface area is 221 Å². The molecule has 1 amide bonds. The normalized spacial score (nSPS) is 10.9. The molecular weight excluding hydrogens is 486 g/mol. The average Bonchev–Trinajstić information content (AvgIpc) is 3.32. The number of rotatable bonds is 12. The number of aromatic nitrogens is 4. The molecule has 0 aliphatic carbocycles. The number of ether oxygens (including phenoxy) is 3. The van der Waals surface area contributed by atoms with Gasteiger partial charge in [0.25, 0.3) is 11.5 Å². The van der Waals surface area contributed by atoms with Crippen LogP contribution in [0.15, 0.2) is 53.7 Å². The number of nitrogens with zero attached hydrogens (tertiary/aromatic N) is 4. The van der Waals surface area contributed by atoms with Crippen molar-refractivity contribution >= 4 is 16.9 Å². The highest BCUT2D eigenvalue weighted by molar-refractivity contribution is 5.95. The number of nitrogens with one attached hydrogen (secondary N) is 1. The Bertz CT molecular complexity index is 1430. The van der Waals surface area contributed by atoms with Gasteiger partial charge in [-0.3, -0.25) is 14.2 Å². The van der Waals surface area contributed by atoms with E-state index in [1.54, 1.807) is 21.4 Å². The zero-order valence-corrected chi connectivity index (χ0v) is 22.2. The van der Waals surface area contributed by atoms with Gasteiger partial charge in [0.1, 0.15) is 11.7 Å². The second-order valence-corrected chi connectivity index (χ2v) is 8.62. The van der Waals surface area contributed by atoms with Crippen LogP contribution in [0, 0.1) is 6.92 Å². The highest BCUT2D eigenvalue weighted by Crippen LogP contribution is 2.39. The molecule has 0 saturated carbocycles. The van der Waals surface area contributed by atoms with Crippen LogP contribution in [0.1, 0.15) is 42.3 Å². The summed E-state index contributed by atoms with van der Waals surface area (Å²) in [5.41, 5.74) is 2.89. The van der Waals surface area contributed by atoms with E-state index < -0.39 is 0 Å². The zero-order chi connectivity index (χ0) is 27.1. The van der Waals surface area contributed by atoms with Crippen LogP contribution in [-0.2, 0) is 13.1 Å². The van der Waals surface area contributed by atoms with Gasteiger partial charge in [-0.05, 0) is 45.4 Å². The van der Waals surface area contributed by atoms with Gasteiger partial charge >= 0.3 is 0 Å². The van der Waals surface area contributed by atoms with Crippen molar-refractivity contribution in [3.63, 3.8) is 0 Å². The first-order valence-corrected chi connectivity index (χ1v) is 12.8. The number of carbonyl (C=O) groups excluding carboxylic acids is 1. The Morgan fingerprint density at radius 1 is 0.974 bits per heavy atom. The fourth-order valence-electron chi connectivity index (χ4n) is 4.06. The van der Waals surface area contributed by atoms with Crippen molar-refractivity contribution in [2.75, 3.05) is 26.4 Å². The average molecular weight is 520 g/mol. The molecule has 0 spiro atoms. The van der Waals surface area contributed by atoms with Gasteiger partial charge in [0.05, 0.1) is 39.1 Å². The SMILES string of the molecule is CCOc1cc(C(=O)NCCn2ncc3c(=O)n(Cc4ccc(C)cc4)cnc32)cc(OCC)c1OCC. The van der Waals surface area contributed by atoms with Crippen molar-refractivity contribution < 1.29 is 19.0 Å². The summed E-state index contributed by atoms with van der Waals surface area (Å²) in [4.78, 5) is 30.4. The summed E-state index contributed by atoms with van der Waals surface area (Å²) in [5, 5.41) is 7.65. The maximum atomic E-state index is 13.0. The number of hydrogen-bond acceptors (Lipinski definition) is 7. The van der Waals surface area contributed by atoms with Gasteiger partial charge in [-0.15, -0.1) is 0 Å². The number of fused-ring (bicyclic) bond motifs is 1. The summed E-state index contributed by atoms with van der Waals surface area (Å²) in [7, 11) is 0. The van der Waals surface area contributed by atoms with Gasteiger partial charge in [0.2, 0.25) is 5.75 Å². The van der Waals surface area contributed by atoms with E-state index in [1.807, 2.05) is 52.0 Å². The lowest BCUT2D eigenvalue weighted by molar-refractivity contribution is 0.0951. The minimum absolute atomic E-state index is 0.160. The molecule has 10 heteroatoms. The quantitative estimate of drug-likeness (QED) is 0.305. The van der Waals surface area contributed by atoms with E-state index in [0.717, 1.165) is 11.1 Å². The molecule has 0 saturated heterocycles. The molecule has 200 valence electrons. The first-order valence-electron chi connectivity index (χ1n) is 12.8. The maximum Gasteiger partial charge on any atom is 0.264 e. The van der Waals surface area contributed by atoms with E-state index in [-0.39, 0.29) is 18.0 Å². The Morgan fingerprint density at radius 2 is 1.63 bits per heavy atom. The fourth-order valence-corrected chi connectivity index (χ4v) is 4.06. The van der Waals surface area contributed by atoms with E-state index in [2.05, 4.69) is 15.4 Å². The molecule has 0 atom stereocenters. The minimum Gasteiger partial charge on any atom is -0.490 e. The van der Waals surface area contributed by atoms with Gasteiger partial charge in [-0.25, -0.2) is 9.67 Å². The fraction of sp³-hybridized carbons (Fsp3) is 0.357. The van der Waals surface area contributed by atoms with Crippen LogP contribution in [-0.4, -0.2) is 51.6 Å². The van der Waals surface area contributed by atoms with E-state index in [4.69, 9.17) is 14.2 Å². The molecule has 2 aromatic carbocycles.